The molecule has 11 heteroatoms. The van der Waals surface area contributed by atoms with Gasteiger partial charge < -0.3 is 31.5 Å². The molecule has 0 aliphatic heterocycles. The van der Waals surface area contributed by atoms with Crippen molar-refractivity contribution in [1.29, 1.82) is 0 Å². The van der Waals surface area contributed by atoms with Crippen molar-refractivity contribution in [2.45, 2.75) is 45.7 Å². The molecule has 0 saturated heterocycles. The van der Waals surface area contributed by atoms with Crippen LogP contribution in [-0.2, 0) is 19.2 Å². The Morgan fingerprint density at radius 2 is 1.59 bits per heavy atom. The molecule has 0 bridgehead atoms. The first-order valence-electron chi connectivity index (χ1n) is 8.73. The lowest BCUT2D eigenvalue weighted by molar-refractivity contribution is -0.139. The maximum absolute atomic E-state index is 11.5. The molecule has 0 saturated carbocycles. The molecular weight excluding hydrogens is 376 g/mol. The van der Waals surface area contributed by atoms with Crippen LogP contribution in [0.3, 0.4) is 0 Å². The van der Waals surface area contributed by atoms with Crippen LogP contribution >= 0.6 is 12.6 Å². The number of amides is 2. The molecule has 10 nitrogen and oxygen atoms in total. The SMILES string of the molecule is CCN(CC)CC.N[C@@H](CCC(=O)N[C@@H](CS)C(=O)NCC(=O)O)C(=O)O. The molecule has 0 unspecified atom stereocenters. The van der Waals surface area contributed by atoms with Crippen LogP contribution in [0, 0.1) is 0 Å². The predicted molar refractivity (Wildman–Crippen MR) is 105 cm³/mol. The van der Waals surface area contributed by atoms with Crippen molar-refractivity contribution in [3.05, 3.63) is 0 Å². The van der Waals surface area contributed by atoms with Gasteiger partial charge in [-0.2, -0.15) is 12.6 Å². The number of carbonyl (C=O) groups excluding carboxylic acids is 2. The second-order valence-electron chi connectivity index (χ2n) is 5.52. The zero-order valence-corrected chi connectivity index (χ0v) is 17.0. The molecule has 0 aromatic heterocycles. The van der Waals surface area contributed by atoms with Crippen LogP contribution in [0.25, 0.3) is 0 Å². The van der Waals surface area contributed by atoms with E-state index in [4.69, 9.17) is 15.9 Å². The summed E-state index contributed by atoms with van der Waals surface area (Å²) in [6.07, 6.45) is -0.235. The number of nitrogens with zero attached hydrogens (tertiary/aromatic N) is 1. The smallest absolute Gasteiger partial charge is 0.322 e. The maximum Gasteiger partial charge on any atom is 0.322 e. The fraction of sp³-hybridized carbons (Fsp3) is 0.750. The van der Waals surface area contributed by atoms with E-state index >= 15 is 0 Å². The Bertz CT molecular complexity index is 468. The lowest BCUT2D eigenvalue weighted by atomic mass is 10.1. The highest BCUT2D eigenvalue weighted by atomic mass is 32.1. The van der Waals surface area contributed by atoms with E-state index in [2.05, 4.69) is 48.9 Å². The standard InChI is InChI=1S/C10H17N3O6S.C6H15N/c11-5(10(18)19)1-2-7(14)13-6(4-20)9(17)12-3-8(15)16;1-4-7(5-2)6-3/h5-6,20H,1-4,11H2,(H,12,17)(H,13,14)(H,15,16)(H,18,19);4-6H2,1-3H3/t5-,6-;/m0./s1. The third kappa shape index (κ3) is 15.0. The van der Waals surface area contributed by atoms with Gasteiger partial charge in [0.05, 0.1) is 0 Å². The van der Waals surface area contributed by atoms with Crippen LogP contribution in [0.1, 0.15) is 33.6 Å². The first kappa shape index (κ1) is 27.4. The van der Waals surface area contributed by atoms with Crippen molar-refractivity contribution < 1.29 is 29.4 Å². The second-order valence-corrected chi connectivity index (χ2v) is 5.88. The number of hydrogen-bond donors (Lipinski definition) is 6. The first-order valence-corrected chi connectivity index (χ1v) is 9.36. The number of carboxylic acids is 2. The summed E-state index contributed by atoms with van der Waals surface area (Å²) in [5.41, 5.74) is 5.23. The first-order chi connectivity index (χ1) is 12.6. The average Bonchev–Trinajstić information content (AvgIpc) is 2.63. The summed E-state index contributed by atoms with van der Waals surface area (Å²) in [6.45, 7) is 9.56. The van der Waals surface area contributed by atoms with E-state index in [0.29, 0.717) is 0 Å². The number of nitrogens with two attached hydrogens (primary N) is 1. The number of thiol groups is 1. The van der Waals surface area contributed by atoms with Gasteiger partial charge in [-0.3, -0.25) is 19.2 Å². The second kappa shape index (κ2) is 16.3. The summed E-state index contributed by atoms with van der Waals surface area (Å²) in [7, 11) is 0. The van der Waals surface area contributed by atoms with Gasteiger partial charge in [0.1, 0.15) is 18.6 Å². The van der Waals surface area contributed by atoms with Gasteiger partial charge in [0.15, 0.2) is 0 Å². The molecule has 158 valence electrons. The lowest BCUT2D eigenvalue weighted by Gasteiger charge is -2.16. The van der Waals surface area contributed by atoms with Gasteiger partial charge in [0, 0.05) is 12.2 Å². The minimum absolute atomic E-state index is 0.0256. The van der Waals surface area contributed by atoms with E-state index in [-0.39, 0.29) is 18.6 Å². The van der Waals surface area contributed by atoms with Crippen molar-refractivity contribution in [3.63, 3.8) is 0 Å². The lowest BCUT2D eigenvalue weighted by Crippen LogP contribution is -2.49. The minimum atomic E-state index is -1.22. The Morgan fingerprint density at radius 1 is 1.07 bits per heavy atom. The van der Waals surface area contributed by atoms with E-state index in [1.807, 2.05) is 0 Å². The van der Waals surface area contributed by atoms with Gasteiger partial charge in [-0.15, -0.1) is 0 Å². The molecule has 0 spiro atoms. The quantitative estimate of drug-likeness (QED) is 0.227. The van der Waals surface area contributed by atoms with Gasteiger partial charge in [-0.05, 0) is 26.1 Å². The van der Waals surface area contributed by atoms with Crippen molar-refractivity contribution in [3.8, 4) is 0 Å². The highest BCUT2D eigenvalue weighted by Gasteiger charge is 2.20. The fourth-order valence-corrected chi connectivity index (χ4v) is 2.08. The molecule has 27 heavy (non-hydrogen) atoms. The number of nitrogens with one attached hydrogen (secondary N) is 2. The summed E-state index contributed by atoms with van der Waals surface area (Å²) >= 11 is 3.87. The fourth-order valence-electron chi connectivity index (χ4n) is 1.83. The van der Waals surface area contributed by atoms with Crippen molar-refractivity contribution in [2.75, 3.05) is 31.9 Å². The molecular formula is C16H32N4O6S. The third-order valence-electron chi connectivity index (χ3n) is 3.59. The Morgan fingerprint density at radius 3 is 1.93 bits per heavy atom. The summed E-state index contributed by atoms with van der Waals surface area (Å²) in [6, 6.07) is -2.15. The molecule has 0 aromatic rings. The molecule has 0 aliphatic carbocycles. The molecule has 2 atom stereocenters. The highest BCUT2D eigenvalue weighted by Crippen LogP contribution is 1.97. The molecule has 0 radical (unpaired) electrons. The van der Waals surface area contributed by atoms with Crippen LogP contribution < -0.4 is 16.4 Å². The zero-order valence-electron chi connectivity index (χ0n) is 16.1. The topological polar surface area (TPSA) is 162 Å². The van der Waals surface area contributed by atoms with Crippen molar-refractivity contribution in [2.24, 2.45) is 5.73 Å². The predicted octanol–water partition coefficient (Wildman–Crippen LogP) is -0.858. The molecule has 0 rings (SSSR count). The number of carboxylic acid groups (broad SMARTS) is 2. The van der Waals surface area contributed by atoms with Crippen LogP contribution in [-0.4, -0.2) is 82.9 Å². The van der Waals surface area contributed by atoms with Crippen LogP contribution in [0.5, 0.6) is 0 Å². The molecule has 0 aromatic carbocycles. The van der Waals surface area contributed by atoms with E-state index in [0.717, 1.165) is 0 Å². The summed E-state index contributed by atoms with van der Waals surface area (Å²) in [5.74, 6) is -3.70. The van der Waals surface area contributed by atoms with Gasteiger partial charge in [0.2, 0.25) is 11.8 Å². The Hall–Kier alpha value is -1.85. The largest absolute Gasteiger partial charge is 0.480 e. The van der Waals surface area contributed by atoms with E-state index in [1.165, 1.54) is 19.6 Å². The Kier molecular flexibility index (Phi) is 16.6. The normalized spacial score (nSPS) is 12.4. The van der Waals surface area contributed by atoms with Crippen molar-refractivity contribution >= 4 is 36.4 Å². The molecule has 0 heterocycles. The summed E-state index contributed by atoms with van der Waals surface area (Å²) in [4.78, 5) is 46.1. The van der Waals surface area contributed by atoms with E-state index in [1.54, 1.807) is 0 Å². The minimum Gasteiger partial charge on any atom is -0.480 e. The Labute approximate surface area is 165 Å². The molecule has 0 aliphatic rings. The average molecular weight is 409 g/mol. The summed E-state index contributed by atoms with van der Waals surface area (Å²) in [5, 5.41) is 21.4. The summed E-state index contributed by atoms with van der Waals surface area (Å²) < 4.78 is 0. The number of rotatable bonds is 12. The van der Waals surface area contributed by atoms with Gasteiger partial charge in [-0.1, -0.05) is 20.8 Å². The van der Waals surface area contributed by atoms with Crippen LogP contribution in [0.15, 0.2) is 0 Å². The van der Waals surface area contributed by atoms with Gasteiger partial charge >= 0.3 is 11.9 Å². The highest BCUT2D eigenvalue weighted by molar-refractivity contribution is 7.80. The van der Waals surface area contributed by atoms with E-state index < -0.39 is 42.4 Å². The zero-order chi connectivity index (χ0) is 21.4. The Balaban J connectivity index is 0. The van der Waals surface area contributed by atoms with Gasteiger partial charge in [-0.25, -0.2) is 0 Å². The number of hydrogen-bond acceptors (Lipinski definition) is 7. The third-order valence-corrected chi connectivity index (χ3v) is 3.95. The molecule has 2 amide bonds. The molecule has 6 N–H and O–H groups in total. The number of carbonyl (C=O) groups is 4. The van der Waals surface area contributed by atoms with Gasteiger partial charge in [0.25, 0.3) is 0 Å². The van der Waals surface area contributed by atoms with Crippen LogP contribution in [0.4, 0.5) is 0 Å². The number of aliphatic carboxylic acids is 2. The maximum atomic E-state index is 11.5. The van der Waals surface area contributed by atoms with E-state index in [9.17, 15) is 19.2 Å². The monoisotopic (exact) mass is 408 g/mol. The van der Waals surface area contributed by atoms with Crippen LogP contribution in [0.2, 0.25) is 0 Å². The molecule has 0 fully saturated rings. The van der Waals surface area contributed by atoms with Crippen molar-refractivity contribution in [1.82, 2.24) is 15.5 Å².